The van der Waals surface area contributed by atoms with Crippen LogP contribution >= 0.6 is 0 Å². The fourth-order valence-corrected chi connectivity index (χ4v) is 3.13. The van der Waals surface area contributed by atoms with E-state index in [1.54, 1.807) is 0 Å². The van der Waals surface area contributed by atoms with Crippen molar-refractivity contribution >= 4 is 11.6 Å². The van der Waals surface area contributed by atoms with E-state index in [0.29, 0.717) is 13.2 Å². The molecular weight excluding hydrogens is 254 g/mol. The molecule has 1 unspecified atom stereocenters. The van der Waals surface area contributed by atoms with Crippen molar-refractivity contribution in [3.8, 4) is 0 Å². The molecule has 0 spiro atoms. The van der Waals surface area contributed by atoms with Crippen LogP contribution in [0.3, 0.4) is 0 Å². The van der Waals surface area contributed by atoms with Gasteiger partial charge in [-0.1, -0.05) is 6.07 Å². The van der Waals surface area contributed by atoms with Crippen LogP contribution < -0.4 is 0 Å². The molecule has 2 aromatic heterocycles. The van der Waals surface area contributed by atoms with Crippen LogP contribution in [0.1, 0.15) is 24.2 Å². The molecule has 4 heterocycles. The van der Waals surface area contributed by atoms with Crippen LogP contribution in [0.5, 0.6) is 0 Å². The number of amides is 1. The Morgan fingerprint density at radius 3 is 3.20 bits per heavy atom. The zero-order valence-corrected chi connectivity index (χ0v) is 11.3. The van der Waals surface area contributed by atoms with Gasteiger partial charge in [0.1, 0.15) is 11.8 Å². The first-order valence-electron chi connectivity index (χ1n) is 7.18. The average molecular weight is 271 g/mol. The van der Waals surface area contributed by atoms with Gasteiger partial charge >= 0.3 is 0 Å². The Hall–Kier alpha value is -1.88. The van der Waals surface area contributed by atoms with Gasteiger partial charge in [-0.25, -0.2) is 4.98 Å². The van der Waals surface area contributed by atoms with Gasteiger partial charge in [-0.15, -0.1) is 0 Å². The van der Waals surface area contributed by atoms with E-state index < -0.39 is 0 Å². The fraction of sp³-hybridized carbons (Fsp3) is 0.467. The molecule has 0 aliphatic carbocycles. The van der Waals surface area contributed by atoms with Crippen LogP contribution in [0, 0.1) is 0 Å². The van der Waals surface area contributed by atoms with Crippen molar-refractivity contribution in [1.29, 1.82) is 0 Å². The van der Waals surface area contributed by atoms with Crippen LogP contribution in [0.25, 0.3) is 5.65 Å². The highest BCUT2D eigenvalue weighted by atomic mass is 16.5. The Kier molecular flexibility index (Phi) is 2.73. The lowest BCUT2D eigenvalue weighted by molar-refractivity contribution is -0.141. The van der Waals surface area contributed by atoms with Crippen LogP contribution in [-0.2, 0) is 22.5 Å². The summed E-state index contributed by atoms with van der Waals surface area (Å²) in [6, 6.07) is 5.99. The first-order valence-corrected chi connectivity index (χ1v) is 7.18. The van der Waals surface area contributed by atoms with Gasteiger partial charge < -0.3 is 14.0 Å². The Morgan fingerprint density at radius 1 is 1.40 bits per heavy atom. The van der Waals surface area contributed by atoms with E-state index in [1.165, 1.54) is 0 Å². The number of carbonyl (C=O) groups excluding carboxylic acids is 1. The second-order valence-corrected chi connectivity index (χ2v) is 5.45. The lowest BCUT2D eigenvalue weighted by atomic mass is 10.1. The summed E-state index contributed by atoms with van der Waals surface area (Å²) in [7, 11) is 0. The monoisotopic (exact) mass is 271 g/mol. The molecule has 0 aromatic carbocycles. The summed E-state index contributed by atoms with van der Waals surface area (Å²) in [5.41, 5.74) is 3.22. The largest absolute Gasteiger partial charge is 0.368 e. The highest BCUT2D eigenvalue weighted by Crippen LogP contribution is 2.23. The van der Waals surface area contributed by atoms with Crippen molar-refractivity contribution in [3.05, 3.63) is 35.8 Å². The molecule has 5 nitrogen and oxygen atoms in total. The van der Waals surface area contributed by atoms with Gasteiger partial charge in [-0.2, -0.15) is 0 Å². The Morgan fingerprint density at radius 2 is 2.35 bits per heavy atom. The minimum atomic E-state index is -0.226. The second-order valence-electron chi connectivity index (χ2n) is 5.45. The molecule has 104 valence electrons. The maximum atomic E-state index is 12.4. The summed E-state index contributed by atoms with van der Waals surface area (Å²) in [4.78, 5) is 19.0. The van der Waals surface area contributed by atoms with Crippen molar-refractivity contribution < 1.29 is 9.53 Å². The molecular formula is C15H17N3O2. The topological polar surface area (TPSA) is 46.8 Å². The molecule has 2 aliphatic rings. The molecule has 0 radical (unpaired) electrons. The van der Waals surface area contributed by atoms with Gasteiger partial charge in [0.25, 0.3) is 5.91 Å². The first kappa shape index (κ1) is 11.9. The quantitative estimate of drug-likeness (QED) is 0.787. The van der Waals surface area contributed by atoms with E-state index in [1.807, 2.05) is 29.3 Å². The lowest BCUT2D eigenvalue weighted by Crippen LogP contribution is -2.42. The highest BCUT2D eigenvalue weighted by Gasteiger charge is 2.31. The highest BCUT2D eigenvalue weighted by molar-refractivity contribution is 5.81. The number of carbonyl (C=O) groups is 1. The van der Waals surface area contributed by atoms with Crippen molar-refractivity contribution in [2.24, 2.45) is 0 Å². The lowest BCUT2D eigenvalue weighted by Gasteiger charge is -2.28. The van der Waals surface area contributed by atoms with Gasteiger partial charge in [0.2, 0.25) is 0 Å². The predicted octanol–water partition coefficient (Wildman–Crippen LogP) is 1.40. The van der Waals surface area contributed by atoms with Gasteiger partial charge in [0.05, 0.1) is 17.9 Å². The predicted molar refractivity (Wildman–Crippen MR) is 73.3 cm³/mol. The molecule has 5 heteroatoms. The molecule has 20 heavy (non-hydrogen) atoms. The molecule has 4 rings (SSSR count). The number of pyridine rings is 1. The summed E-state index contributed by atoms with van der Waals surface area (Å²) in [5, 5.41) is 0. The third kappa shape index (κ3) is 1.81. The van der Waals surface area contributed by atoms with Gasteiger partial charge in [-0.3, -0.25) is 4.79 Å². The molecule has 1 fully saturated rings. The summed E-state index contributed by atoms with van der Waals surface area (Å²) in [5.74, 6) is 0.138. The van der Waals surface area contributed by atoms with Crippen molar-refractivity contribution in [1.82, 2.24) is 14.3 Å². The first-order chi connectivity index (χ1) is 9.83. The smallest absolute Gasteiger partial charge is 0.252 e. The molecule has 0 bridgehead atoms. The third-order valence-electron chi connectivity index (χ3n) is 4.19. The number of fused-ring (bicyclic) bond motifs is 3. The molecule has 0 N–H and O–H groups in total. The van der Waals surface area contributed by atoms with Crippen LogP contribution in [0.4, 0.5) is 0 Å². The maximum Gasteiger partial charge on any atom is 0.252 e. The van der Waals surface area contributed by atoms with E-state index in [0.717, 1.165) is 42.8 Å². The fourth-order valence-electron chi connectivity index (χ4n) is 3.13. The summed E-state index contributed by atoms with van der Waals surface area (Å²) < 4.78 is 7.60. The van der Waals surface area contributed by atoms with E-state index >= 15 is 0 Å². The SMILES string of the molecule is O=C(C1CCCO1)N1CCc2nc3ccccn3c2C1. The maximum absolute atomic E-state index is 12.4. The normalized spacial score (nSPS) is 22.2. The van der Waals surface area contributed by atoms with Gasteiger partial charge in [0.15, 0.2) is 0 Å². The van der Waals surface area contributed by atoms with E-state index in [2.05, 4.69) is 9.38 Å². The van der Waals surface area contributed by atoms with Gasteiger partial charge in [-0.05, 0) is 25.0 Å². The number of hydrogen-bond acceptors (Lipinski definition) is 3. The van der Waals surface area contributed by atoms with Crippen LogP contribution in [-0.4, -0.2) is 39.4 Å². The molecule has 2 aliphatic heterocycles. The molecule has 1 amide bonds. The number of rotatable bonds is 1. The zero-order valence-electron chi connectivity index (χ0n) is 11.3. The van der Waals surface area contributed by atoms with E-state index in [9.17, 15) is 4.79 Å². The molecule has 2 aromatic rings. The molecule has 1 atom stereocenters. The number of hydrogen-bond donors (Lipinski definition) is 0. The standard InChI is InChI=1S/C15H17N3O2/c19-15(13-4-3-9-20-13)17-8-6-11-12(10-17)18-7-2-1-5-14(18)16-11/h1-2,5,7,13H,3-4,6,8-10H2. The third-order valence-corrected chi connectivity index (χ3v) is 4.19. The summed E-state index contributed by atoms with van der Waals surface area (Å²) >= 11 is 0. The Balaban J connectivity index is 1.63. The van der Waals surface area contributed by atoms with Crippen LogP contribution in [0.15, 0.2) is 24.4 Å². The number of imidazole rings is 1. The van der Waals surface area contributed by atoms with Crippen LogP contribution in [0.2, 0.25) is 0 Å². The minimum absolute atomic E-state index is 0.138. The van der Waals surface area contributed by atoms with Gasteiger partial charge in [0, 0.05) is 25.8 Å². The van der Waals surface area contributed by atoms with E-state index in [-0.39, 0.29) is 12.0 Å². The van der Waals surface area contributed by atoms with E-state index in [4.69, 9.17) is 4.74 Å². The molecule has 1 saturated heterocycles. The minimum Gasteiger partial charge on any atom is -0.368 e. The zero-order chi connectivity index (χ0) is 13.5. The average Bonchev–Trinajstić information content (AvgIpc) is 3.13. The van der Waals surface area contributed by atoms with Crippen molar-refractivity contribution in [3.63, 3.8) is 0 Å². The number of ether oxygens (including phenoxy) is 1. The Labute approximate surface area is 117 Å². The second kappa shape index (κ2) is 4.59. The van der Waals surface area contributed by atoms with Crippen molar-refractivity contribution in [2.45, 2.75) is 31.9 Å². The summed E-state index contributed by atoms with van der Waals surface area (Å²) in [6.07, 6.45) is 4.47. The Bertz CT molecular complexity index is 658. The molecule has 0 saturated carbocycles. The summed E-state index contributed by atoms with van der Waals surface area (Å²) in [6.45, 7) is 2.10. The van der Waals surface area contributed by atoms with Crippen molar-refractivity contribution in [2.75, 3.05) is 13.2 Å². The number of aromatic nitrogens is 2. The number of nitrogens with zero attached hydrogens (tertiary/aromatic N) is 3.